The van der Waals surface area contributed by atoms with Gasteiger partial charge in [0.2, 0.25) is 0 Å². The van der Waals surface area contributed by atoms with E-state index in [1.165, 1.54) is 23.8 Å². The van der Waals surface area contributed by atoms with Crippen LogP contribution in [0, 0.1) is 5.92 Å². The van der Waals surface area contributed by atoms with E-state index in [0.717, 1.165) is 46.1 Å². The first-order chi connectivity index (χ1) is 15.7. The molecule has 0 bridgehead atoms. The number of para-hydroxylation sites is 1. The van der Waals surface area contributed by atoms with Gasteiger partial charge >= 0.3 is 0 Å². The summed E-state index contributed by atoms with van der Waals surface area (Å²) in [6.45, 7) is 4.50. The minimum absolute atomic E-state index is 0.361. The van der Waals surface area contributed by atoms with Crippen LogP contribution in [0.4, 0.5) is 0 Å². The predicted octanol–water partition coefficient (Wildman–Crippen LogP) is 6.59. The van der Waals surface area contributed by atoms with Gasteiger partial charge in [0, 0.05) is 51.7 Å². The van der Waals surface area contributed by atoms with Gasteiger partial charge in [0.1, 0.15) is 5.75 Å². The Kier molecular flexibility index (Phi) is 5.90. The Balaban J connectivity index is 1.64. The Morgan fingerprint density at radius 2 is 1.94 bits per heavy atom. The first-order valence-electron chi connectivity index (χ1n) is 11.3. The number of methoxy groups -OCH3 is 1. The fourth-order valence-corrected chi connectivity index (χ4v) is 5.12. The summed E-state index contributed by atoms with van der Waals surface area (Å²) in [5, 5.41) is 5.48. The number of halogens is 1. The molecule has 0 saturated carbocycles. The molecule has 2 aromatic carbocycles. The lowest BCUT2D eigenvalue weighted by Crippen LogP contribution is -2.34. The number of benzene rings is 2. The lowest BCUT2D eigenvalue weighted by molar-refractivity contribution is 0.283. The molecule has 164 valence electrons. The molecule has 5 rings (SSSR count). The summed E-state index contributed by atoms with van der Waals surface area (Å²) in [4.78, 5) is 4.57. The van der Waals surface area contributed by atoms with Crippen molar-refractivity contribution in [3.05, 3.63) is 72.1 Å². The number of aromatic nitrogens is 2. The molecule has 1 aliphatic rings. The van der Waals surface area contributed by atoms with Gasteiger partial charge in [-0.05, 0) is 68.6 Å². The van der Waals surface area contributed by atoms with E-state index < -0.39 is 0 Å². The lowest BCUT2D eigenvalue weighted by atomic mass is 9.92. The first-order valence-corrected chi connectivity index (χ1v) is 11.6. The number of fused-ring (bicyclic) bond motifs is 1. The Labute approximate surface area is 194 Å². The topological polar surface area (TPSA) is 39.1 Å². The molecule has 1 fully saturated rings. The largest absolute Gasteiger partial charge is 0.495 e. The van der Waals surface area contributed by atoms with Gasteiger partial charge in [0.05, 0.1) is 12.6 Å². The van der Waals surface area contributed by atoms with Gasteiger partial charge in [0.25, 0.3) is 0 Å². The van der Waals surface area contributed by atoms with Gasteiger partial charge in [-0.2, -0.15) is 0 Å². The average molecular weight is 446 g/mol. The number of rotatable bonds is 5. The molecule has 1 N–H and O–H groups in total. The molecule has 3 heterocycles. The highest BCUT2D eigenvalue weighted by atomic mass is 35.5. The number of pyridine rings is 1. The van der Waals surface area contributed by atoms with Crippen molar-refractivity contribution in [1.29, 1.82) is 0 Å². The predicted molar refractivity (Wildman–Crippen MR) is 132 cm³/mol. The third-order valence-electron chi connectivity index (χ3n) is 6.70. The Morgan fingerprint density at radius 1 is 1.09 bits per heavy atom. The van der Waals surface area contributed by atoms with Crippen molar-refractivity contribution in [2.45, 2.75) is 25.8 Å². The van der Waals surface area contributed by atoms with E-state index in [9.17, 15) is 0 Å². The van der Waals surface area contributed by atoms with Crippen LogP contribution in [0.2, 0.25) is 5.02 Å². The van der Waals surface area contributed by atoms with E-state index in [1.54, 1.807) is 7.11 Å². The molecular formula is C27H28ClN3O. The molecule has 1 saturated heterocycles. The summed E-state index contributed by atoms with van der Waals surface area (Å²) in [7, 11) is 1.75. The molecule has 1 aliphatic heterocycles. The Bertz CT molecular complexity index is 1240. The Morgan fingerprint density at radius 3 is 2.72 bits per heavy atom. The van der Waals surface area contributed by atoms with Crippen LogP contribution in [0.3, 0.4) is 0 Å². The maximum Gasteiger partial charge on any atom is 0.143 e. The number of hydrogen-bond donors (Lipinski definition) is 1. The molecule has 32 heavy (non-hydrogen) atoms. The quantitative estimate of drug-likeness (QED) is 0.376. The standard InChI is InChI=1S/C27H28ClN3O/c1-18(20-7-5-11-29-14-20)31-17-25(24-9-4-10-26(32-2)27(24)31)22-12-21(15-30-16-22)19-6-3-8-23(28)13-19/h3-4,6,8-10,12-13,15-18,20,29H,5,7,11,14H2,1-2H3. The van der Waals surface area contributed by atoms with Crippen molar-refractivity contribution in [3.8, 4) is 28.0 Å². The fourth-order valence-electron chi connectivity index (χ4n) is 4.93. The minimum Gasteiger partial charge on any atom is -0.495 e. The van der Waals surface area contributed by atoms with Gasteiger partial charge < -0.3 is 14.6 Å². The van der Waals surface area contributed by atoms with Gasteiger partial charge in [0.15, 0.2) is 0 Å². The molecule has 5 heteroatoms. The number of nitrogens with zero attached hydrogens (tertiary/aromatic N) is 2. The normalized spacial score (nSPS) is 17.4. The smallest absolute Gasteiger partial charge is 0.143 e. The van der Waals surface area contributed by atoms with Gasteiger partial charge in [-0.15, -0.1) is 0 Å². The van der Waals surface area contributed by atoms with Crippen LogP contribution in [-0.2, 0) is 0 Å². The van der Waals surface area contributed by atoms with E-state index in [4.69, 9.17) is 16.3 Å². The second kappa shape index (κ2) is 8.97. The first kappa shape index (κ1) is 21.0. The monoisotopic (exact) mass is 445 g/mol. The van der Waals surface area contributed by atoms with Crippen molar-refractivity contribution in [2.75, 3.05) is 20.2 Å². The van der Waals surface area contributed by atoms with E-state index in [-0.39, 0.29) is 0 Å². The SMILES string of the molecule is COc1cccc2c(-c3cncc(-c4cccc(Cl)c4)c3)cn(C(C)C3CCCNC3)c12. The van der Waals surface area contributed by atoms with Crippen molar-refractivity contribution >= 4 is 22.5 Å². The maximum absolute atomic E-state index is 6.23. The summed E-state index contributed by atoms with van der Waals surface area (Å²) >= 11 is 6.23. The molecule has 2 atom stereocenters. The third kappa shape index (κ3) is 3.89. The summed E-state index contributed by atoms with van der Waals surface area (Å²) in [5.74, 6) is 1.50. The van der Waals surface area contributed by atoms with Crippen molar-refractivity contribution in [1.82, 2.24) is 14.9 Å². The van der Waals surface area contributed by atoms with Gasteiger partial charge in [-0.1, -0.05) is 35.9 Å². The third-order valence-corrected chi connectivity index (χ3v) is 6.93. The van der Waals surface area contributed by atoms with E-state index >= 15 is 0 Å². The summed E-state index contributed by atoms with van der Waals surface area (Å²) < 4.78 is 8.20. The van der Waals surface area contributed by atoms with E-state index in [2.05, 4.69) is 58.3 Å². The molecule has 4 aromatic rings. The second-order valence-corrected chi connectivity index (χ2v) is 9.06. The highest BCUT2D eigenvalue weighted by Crippen LogP contribution is 2.40. The van der Waals surface area contributed by atoms with Crippen molar-refractivity contribution < 1.29 is 4.74 Å². The fraction of sp³-hybridized carbons (Fsp3) is 0.296. The van der Waals surface area contributed by atoms with Crippen molar-refractivity contribution in [3.63, 3.8) is 0 Å². The van der Waals surface area contributed by atoms with Crippen LogP contribution in [0.1, 0.15) is 25.8 Å². The zero-order chi connectivity index (χ0) is 22.1. The highest BCUT2D eigenvalue weighted by Gasteiger charge is 2.25. The number of ether oxygens (including phenoxy) is 1. The van der Waals surface area contributed by atoms with Crippen LogP contribution in [-0.4, -0.2) is 29.8 Å². The molecule has 4 nitrogen and oxygen atoms in total. The number of piperidine rings is 1. The van der Waals surface area contributed by atoms with Gasteiger partial charge in [-0.25, -0.2) is 0 Å². The van der Waals surface area contributed by atoms with Crippen LogP contribution >= 0.6 is 11.6 Å². The number of hydrogen-bond acceptors (Lipinski definition) is 3. The average Bonchev–Trinajstić information content (AvgIpc) is 3.24. The van der Waals surface area contributed by atoms with Crippen LogP contribution in [0.25, 0.3) is 33.2 Å². The minimum atomic E-state index is 0.361. The summed E-state index contributed by atoms with van der Waals surface area (Å²) in [6, 6.07) is 16.8. The van der Waals surface area contributed by atoms with E-state index in [0.29, 0.717) is 12.0 Å². The molecule has 0 radical (unpaired) electrons. The molecule has 2 unspecified atom stereocenters. The Hall–Kier alpha value is -2.82. The molecule has 2 aromatic heterocycles. The summed E-state index contributed by atoms with van der Waals surface area (Å²) in [5.41, 5.74) is 5.53. The molecular weight excluding hydrogens is 418 g/mol. The van der Waals surface area contributed by atoms with Crippen LogP contribution in [0.5, 0.6) is 5.75 Å². The highest BCUT2D eigenvalue weighted by molar-refractivity contribution is 6.30. The van der Waals surface area contributed by atoms with Gasteiger partial charge in [-0.3, -0.25) is 4.98 Å². The second-order valence-electron chi connectivity index (χ2n) is 8.63. The van der Waals surface area contributed by atoms with Crippen molar-refractivity contribution in [2.24, 2.45) is 5.92 Å². The van der Waals surface area contributed by atoms with E-state index in [1.807, 2.05) is 30.6 Å². The zero-order valence-corrected chi connectivity index (χ0v) is 19.3. The lowest BCUT2D eigenvalue weighted by Gasteiger charge is -2.30. The molecule has 0 amide bonds. The van der Waals surface area contributed by atoms with Crippen LogP contribution in [0.15, 0.2) is 67.1 Å². The summed E-state index contributed by atoms with van der Waals surface area (Å²) in [6.07, 6.45) is 8.59. The number of nitrogens with one attached hydrogen (secondary N) is 1. The van der Waals surface area contributed by atoms with Crippen LogP contribution < -0.4 is 10.1 Å². The molecule has 0 aliphatic carbocycles. The molecule has 0 spiro atoms. The maximum atomic E-state index is 6.23. The zero-order valence-electron chi connectivity index (χ0n) is 18.5.